The normalized spacial score (nSPS) is 10.5. The molecule has 0 atom stereocenters. The topological polar surface area (TPSA) is 35.2 Å². The summed E-state index contributed by atoms with van der Waals surface area (Å²) in [6.45, 7) is 2.84. The van der Waals surface area contributed by atoms with Crippen LogP contribution in [0.2, 0.25) is 10.0 Å². The average molecular weight is 296 g/mol. The molecule has 0 radical (unpaired) electrons. The van der Waals surface area contributed by atoms with Crippen molar-refractivity contribution in [2.75, 3.05) is 0 Å². The van der Waals surface area contributed by atoms with Gasteiger partial charge in [-0.3, -0.25) is 0 Å². The van der Waals surface area contributed by atoms with Crippen molar-refractivity contribution in [1.82, 2.24) is 0 Å². The highest BCUT2D eigenvalue weighted by Gasteiger charge is 2.05. The van der Waals surface area contributed by atoms with E-state index in [1.54, 1.807) is 0 Å². The molecule has 0 aromatic heterocycles. The van der Waals surface area contributed by atoms with E-state index in [-0.39, 0.29) is 0 Å². The van der Waals surface area contributed by atoms with E-state index in [0.717, 1.165) is 16.7 Å². The van der Waals surface area contributed by atoms with Gasteiger partial charge < -0.3 is 10.5 Å². The van der Waals surface area contributed by atoms with Crippen LogP contribution in [0.5, 0.6) is 5.75 Å². The Kier molecular flexibility index (Phi) is 4.70. The molecular weight excluding hydrogens is 281 g/mol. The molecule has 2 aromatic carbocycles. The molecular formula is C15H15Cl2NO. The van der Waals surface area contributed by atoms with Crippen LogP contribution in [0.3, 0.4) is 0 Å². The molecule has 4 heteroatoms. The maximum Gasteiger partial charge on any atom is 0.138 e. The van der Waals surface area contributed by atoms with Crippen molar-refractivity contribution in [2.24, 2.45) is 5.73 Å². The van der Waals surface area contributed by atoms with Gasteiger partial charge in [-0.25, -0.2) is 0 Å². The van der Waals surface area contributed by atoms with Gasteiger partial charge in [0, 0.05) is 17.1 Å². The Bertz CT molecular complexity index is 584. The molecule has 0 saturated heterocycles. The molecule has 0 aliphatic rings. The second-order valence-electron chi connectivity index (χ2n) is 4.35. The Morgan fingerprint density at radius 1 is 1.05 bits per heavy atom. The summed E-state index contributed by atoms with van der Waals surface area (Å²) in [6.07, 6.45) is 0. The number of rotatable bonds is 4. The summed E-state index contributed by atoms with van der Waals surface area (Å²) in [5.74, 6) is 0.659. The molecule has 0 unspecified atom stereocenters. The van der Waals surface area contributed by atoms with Crippen molar-refractivity contribution >= 4 is 23.2 Å². The predicted octanol–water partition coefficient (Wildman–Crippen LogP) is 4.34. The first-order chi connectivity index (χ1) is 9.10. The van der Waals surface area contributed by atoms with Crippen LogP contribution < -0.4 is 10.5 Å². The van der Waals surface area contributed by atoms with Crippen LogP contribution >= 0.6 is 23.2 Å². The van der Waals surface area contributed by atoms with Gasteiger partial charge in [0.15, 0.2) is 0 Å². The Labute approximate surface area is 123 Å². The second kappa shape index (κ2) is 6.29. The van der Waals surface area contributed by atoms with Crippen molar-refractivity contribution in [2.45, 2.75) is 20.1 Å². The summed E-state index contributed by atoms with van der Waals surface area (Å²) in [5.41, 5.74) is 8.57. The maximum atomic E-state index is 6.17. The first-order valence-electron chi connectivity index (χ1n) is 5.96. The van der Waals surface area contributed by atoms with E-state index >= 15 is 0 Å². The van der Waals surface area contributed by atoms with E-state index in [2.05, 4.69) is 0 Å². The van der Waals surface area contributed by atoms with Crippen LogP contribution in [-0.2, 0) is 13.2 Å². The number of aryl methyl sites for hydroxylation is 1. The van der Waals surface area contributed by atoms with Gasteiger partial charge in [-0.05, 0) is 36.2 Å². The van der Waals surface area contributed by atoms with Gasteiger partial charge in [-0.1, -0.05) is 41.4 Å². The number of hydrogen-bond acceptors (Lipinski definition) is 2. The number of ether oxygens (including phenoxy) is 1. The third-order valence-electron chi connectivity index (χ3n) is 2.82. The molecule has 0 spiro atoms. The van der Waals surface area contributed by atoms with Crippen LogP contribution in [0, 0.1) is 6.92 Å². The van der Waals surface area contributed by atoms with Crippen LogP contribution in [0.25, 0.3) is 0 Å². The predicted molar refractivity (Wildman–Crippen MR) is 79.9 cm³/mol. The molecule has 2 rings (SSSR count). The molecule has 0 saturated carbocycles. The van der Waals surface area contributed by atoms with E-state index in [1.165, 1.54) is 0 Å². The van der Waals surface area contributed by atoms with E-state index in [4.69, 9.17) is 33.7 Å². The molecule has 19 heavy (non-hydrogen) atoms. The van der Waals surface area contributed by atoms with E-state index in [1.807, 2.05) is 43.3 Å². The van der Waals surface area contributed by atoms with Crippen LogP contribution in [0.4, 0.5) is 0 Å². The summed E-state index contributed by atoms with van der Waals surface area (Å²) in [4.78, 5) is 0. The Hall–Kier alpha value is -1.22. The molecule has 0 fully saturated rings. The fourth-order valence-electron chi connectivity index (χ4n) is 1.71. The highest BCUT2D eigenvalue weighted by molar-refractivity contribution is 6.32. The number of halogens is 2. The zero-order chi connectivity index (χ0) is 13.8. The Morgan fingerprint density at radius 3 is 2.47 bits per heavy atom. The Morgan fingerprint density at radius 2 is 1.84 bits per heavy atom. The van der Waals surface area contributed by atoms with E-state index < -0.39 is 0 Å². The van der Waals surface area contributed by atoms with E-state index in [9.17, 15) is 0 Å². The molecule has 0 heterocycles. The zero-order valence-electron chi connectivity index (χ0n) is 10.6. The summed E-state index contributed by atoms with van der Waals surface area (Å²) >= 11 is 12.3. The minimum atomic E-state index is 0.381. The SMILES string of the molecule is Cc1ccc(OCc2ccc(CN)cc2Cl)c(Cl)c1. The fourth-order valence-corrected chi connectivity index (χ4v) is 2.26. The zero-order valence-corrected chi connectivity index (χ0v) is 12.1. The smallest absolute Gasteiger partial charge is 0.138 e. The average Bonchev–Trinajstić information content (AvgIpc) is 2.39. The minimum Gasteiger partial charge on any atom is -0.487 e. The molecule has 0 aliphatic heterocycles. The van der Waals surface area contributed by atoms with Crippen LogP contribution in [0.15, 0.2) is 36.4 Å². The lowest BCUT2D eigenvalue weighted by molar-refractivity contribution is 0.306. The molecule has 100 valence electrons. The first-order valence-corrected chi connectivity index (χ1v) is 6.72. The minimum absolute atomic E-state index is 0.381. The third kappa shape index (κ3) is 3.63. The van der Waals surface area contributed by atoms with Crippen molar-refractivity contribution in [3.05, 3.63) is 63.1 Å². The van der Waals surface area contributed by atoms with Gasteiger partial charge >= 0.3 is 0 Å². The van der Waals surface area contributed by atoms with Gasteiger partial charge in [0.2, 0.25) is 0 Å². The molecule has 0 bridgehead atoms. The third-order valence-corrected chi connectivity index (χ3v) is 3.47. The van der Waals surface area contributed by atoms with Gasteiger partial charge in [-0.15, -0.1) is 0 Å². The van der Waals surface area contributed by atoms with Crippen molar-refractivity contribution in [1.29, 1.82) is 0 Å². The molecule has 2 nitrogen and oxygen atoms in total. The quantitative estimate of drug-likeness (QED) is 0.911. The number of benzene rings is 2. The summed E-state index contributed by atoms with van der Waals surface area (Å²) in [6, 6.07) is 11.4. The highest BCUT2D eigenvalue weighted by Crippen LogP contribution is 2.27. The standard InChI is InChI=1S/C15H15Cl2NO/c1-10-2-5-15(14(17)6-10)19-9-12-4-3-11(8-18)7-13(12)16/h2-7H,8-9,18H2,1H3. The van der Waals surface area contributed by atoms with Crippen LogP contribution in [-0.4, -0.2) is 0 Å². The summed E-state index contributed by atoms with van der Waals surface area (Å²) in [7, 11) is 0. The Balaban J connectivity index is 2.10. The highest BCUT2D eigenvalue weighted by atomic mass is 35.5. The van der Waals surface area contributed by atoms with Crippen molar-refractivity contribution in [3.63, 3.8) is 0 Å². The summed E-state index contributed by atoms with van der Waals surface area (Å²) in [5, 5.41) is 1.26. The first kappa shape index (κ1) is 14.2. The molecule has 2 aromatic rings. The lowest BCUT2D eigenvalue weighted by Crippen LogP contribution is -2.00. The van der Waals surface area contributed by atoms with Crippen molar-refractivity contribution in [3.8, 4) is 5.75 Å². The van der Waals surface area contributed by atoms with Gasteiger partial charge in [0.1, 0.15) is 12.4 Å². The maximum absolute atomic E-state index is 6.17. The fraction of sp³-hybridized carbons (Fsp3) is 0.200. The number of nitrogens with two attached hydrogens (primary N) is 1. The second-order valence-corrected chi connectivity index (χ2v) is 5.17. The monoisotopic (exact) mass is 295 g/mol. The van der Waals surface area contributed by atoms with Crippen LogP contribution in [0.1, 0.15) is 16.7 Å². The largest absolute Gasteiger partial charge is 0.487 e. The molecule has 0 aliphatic carbocycles. The molecule has 2 N–H and O–H groups in total. The van der Waals surface area contributed by atoms with Gasteiger partial charge in [-0.2, -0.15) is 0 Å². The molecule has 0 amide bonds. The van der Waals surface area contributed by atoms with Gasteiger partial charge in [0.05, 0.1) is 5.02 Å². The van der Waals surface area contributed by atoms with Gasteiger partial charge in [0.25, 0.3) is 0 Å². The lowest BCUT2D eigenvalue weighted by atomic mass is 10.1. The number of hydrogen-bond donors (Lipinski definition) is 1. The van der Waals surface area contributed by atoms with Crippen molar-refractivity contribution < 1.29 is 4.74 Å². The summed E-state index contributed by atoms with van der Waals surface area (Å²) < 4.78 is 5.68. The van der Waals surface area contributed by atoms with E-state index in [0.29, 0.717) is 28.9 Å². The lowest BCUT2D eigenvalue weighted by Gasteiger charge is -2.10.